The smallest absolute Gasteiger partial charge is 0.178 e. The average Bonchev–Trinajstić information content (AvgIpc) is 2.47. The van der Waals surface area contributed by atoms with Gasteiger partial charge in [0.1, 0.15) is 0 Å². The van der Waals surface area contributed by atoms with Crippen molar-refractivity contribution in [3.05, 3.63) is 66.2 Å². The predicted octanol–water partition coefficient (Wildman–Crippen LogP) is 3.42. The van der Waals surface area contributed by atoms with Crippen molar-refractivity contribution in [1.82, 2.24) is 0 Å². The minimum absolute atomic E-state index is 0.577. The van der Waals surface area contributed by atoms with Gasteiger partial charge in [0.05, 0.1) is 0 Å². The minimum Gasteiger partial charge on any atom is -0.457 e. The molecule has 20 heavy (non-hydrogen) atoms. The fourth-order valence-corrected chi connectivity index (χ4v) is 7.42. The molecule has 2 aromatic rings. The molecule has 0 radical (unpaired) electrons. The van der Waals surface area contributed by atoms with Crippen LogP contribution in [0.3, 0.4) is 0 Å². The van der Waals surface area contributed by atoms with E-state index in [2.05, 4.69) is 80.7 Å². The van der Waals surface area contributed by atoms with Gasteiger partial charge in [0.2, 0.25) is 0 Å². The lowest BCUT2D eigenvalue weighted by Gasteiger charge is -2.27. The van der Waals surface area contributed by atoms with Gasteiger partial charge in [-0.25, -0.2) is 0 Å². The van der Waals surface area contributed by atoms with E-state index >= 15 is 0 Å². The summed E-state index contributed by atoms with van der Waals surface area (Å²) in [5, 5.41) is 1.40. The Bertz CT molecular complexity index is 511. The van der Waals surface area contributed by atoms with Gasteiger partial charge in [-0.1, -0.05) is 67.6 Å². The zero-order valence-electron chi connectivity index (χ0n) is 12.7. The zero-order valence-corrected chi connectivity index (χ0v) is 15.1. The van der Waals surface area contributed by atoms with Crippen LogP contribution in [0, 0.1) is 0 Å². The van der Waals surface area contributed by atoms with Gasteiger partial charge in [0.15, 0.2) is 18.1 Å². The highest BCUT2D eigenvalue weighted by molar-refractivity contribution is 6.77. The van der Waals surface area contributed by atoms with Crippen LogP contribution in [0.4, 0.5) is 0 Å². The summed E-state index contributed by atoms with van der Waals surface area (Å²) < 4.78 is 6.39. The van der Waals surface area contributed by atoms with E-state index in [4.69, 9.17) is 4.12 Å². The van der Waals surface area contributed by atoms with Gasteiger partial charge in [0.25, 0.3) is 0 Å². The highest BCUT2D eigenvalue weighted by atomic mass is 28.4. The molecule has 0 amide bonds. The van der Waals surface area contributed by atoms with Crippen LogP contribution in [0.25, 0.3) is 0 Å². The maximum absolute atomic E-state index is 6.39. The average molecular weight is 301 g/mol. The number of rotatable bonds is 6. The molecule has 0 N–H and O–H groups in total. The standard InChI is InChI=1S/C17H24OSi2/c1-15(16-10-6-4-7-11-16)14-20(2,3)18-19-17-12-8-5-9-13-17/h4-13,15H,14,19H2,1-3H3. The van der Waals surface area contributed by atoms with Gasteiger partial charge in [-0.15, -0.1) is 0 Å². The molecule has 2 aromatic carbocycles. The normalized spacial score (nSPS) is 13.8. The number of hydrogen-bond acceptors (Lipinski definition) is 1. The Labute approximate surface area is 126 Å². The molecule has 1 unspecified atom stereocenters. The quantitative estimate of drug-likeness (QED) is 0.743. The molecular weight excluding hydrogens is 276 g/mol. The molecule has 0 heterocycles. The van der Waals surface area contributed by atoms with Gasteiger partial charge >= 0.3 is 0 Å². The lowest BCUT2D eigenvalue weighted by molar-refractivity contribution is 0.582. The van der Waals surface area contributed by atoms with Crippen molar-refractivity contribution in [2.75, 3.05) is 0 Å². The van der Waals surface area contributed by atoms with Crippen molar-refractivity contribution >= 4 is 23.3 Å². The summed E-state index contributed by atoms with van der Waals surface area (Å²) in [6.07, 6.45) is 0. The third-order valence-electron chi connectivity index (χ3n) is 3.64. The Morgan fingerprint density at radius 1 is 0.950 bits per heavy atom. The molecule has 1 nitrogen and oxygen atoms in total. The van der Waals surface area contributed by atoms with Gasteiger partial charge in [-0.05, 0) is 35.8 Å². The monoisotopic (exact) mass is 300 g/mol. The molecule has 1 atom stereocenters. The van der Waals surface area contributed by atoms with Crippen LogP contribution in [0.1, 0.15) is 18.4 Å². The second-order valence-corrected chi connectivity index (χ2v) is 12.2. The number of benzene rings is 2. The first-order valence-electron chi connectivity index (χ1n) is 7.30. The van der Waals surface area contributed by atoms with E-state index in [0.29, 0.717) is 5.92 Å². The van der Waals surface area contributed by atoms with Gasteiger partial charge in [0, 0.05) is 0 Å². The Balaban J connectivity index is 1.90. The molecule has 0 saturated carbocycles. The van der Waals surface area contributed by atoms with E-state index in [-0.39, 0.29) is 0 Å². The maximum atomic E-state index is 6.39. The lowest BCUT2D eigenvalue weighted by Crippen LogP contribution is -2.37. The topological polar surface area (TPSA) is 9.23 Å². The van der Waals surface area contributed by atoms with Crippen LogP contribution in [0.2, 0.25) is 19.1 Å². The maximum Gasteiger partial charge on any atom is 0.178 e. The van der Waals surface area contributed by atoms with E-state index in [0.717, 1.165) is 0 Å². The molecule has 3 heteroatoms. The highest BCUT2D eigenvalue weighted by Crippen LogP contribution is 2.26. The van der Waals surface area contributed by atoms with Crippen LogP contribution < -0.4 is 5.19 Å². The van der Waals surface area contributed by atoms with E-state index < -0.39 is 18.1 Å². The number of hydrogen-bond donors (Lipinski definition) is 0. The summed E-state index contributed by atoms with van der Waals surface area (Å²) in [6.45, 7) is 7.02. The molecule has 0 spiro atoms. The zero-order chi connectivity index (χ0) is 14.4. The van der Waals surface area contributed by atoms with Crippen LogP contribution in [0.5, 0.6) is 0 Å². The van der Waals surface area contributed by atoms with E-state index in [9.17, 15) is 0 Å². The van der Waals surface area contributed by atoms with Crippen molar-refractivity contribution in [2.24, 2.45) is 0 Å². The Morgan fingerprint density at radius 3 is 2.10 bits per heavy atom. The first-order valence-corrected chi connectivity index (χ1v) is 11.7. The fraction of sp³-hybridized carbons (Fsp3) is 0.294. The molecule has 0 aliphatic rings. The molecule has 0 fully saturated rings. The summed E-state index contributed by atoms with van der Waals surface area (Å²) in [5.74, 6) is 0.586. The molecule has 0 saturated heterocycles. The summed E-state index contributed by atoms with van der Waals surface area (Å²) in [5.41, 5.74) is 1.43. The van der Waals surface area contributed by atoms with Crippen molar-refractivity contribution in [2.45, 2.75) is 32.0 Å². The largest absolute Gasteiger partial charge is 0.457 e. The van der Waals surface area contributed by atoms with Gasteiger partial charge < -0.3 is 4.12 Å². The summed E-state index contributed by atoms with van der Waals surface area (Å²) in [6, 6.07) is 22.6. The molecule has 0 aliphatic heterocycles. The van der Waals surface area contributed by atoms with Crippen molar-refractivity contribution in [3.8, 4) is 0 Å². The third-order valence-corrected chi connectivity index (χ3v) is 9.74. The van der Waals surface area contributed by atoms with E-state index in [1.807, 2.05) is 0 Å². The first kappa shape index (κ1) is 15.2. The molecule has 0 aromatic heterocycles. The van der Waals surface area contributed by atoms with Crippen LogP contribution in [0.15, 0.2) is 60.7 Å². The van der Waals surface area contributed by atoms with E-state index in [1.54, 1.807) is 0 Å². The summed E-state index contributed by atoms with van der Waals surface area (Å²) >= 11 is 0. The van der Waals surface area contributed by atoms with Gasteiger partial charge in [-0.2, -0.15) is 0 Å². The van der Waals surface area contributed by atoms with Crippen LogP contribution >= 0.6 is 0 Å². The predicted molar refractivity (Wildman–Crippen MR) is 92.9 cm³/mol. The Hall–Kier alpha value is -1.17. The second-order valence-electron chi connectivity index (χ2n) is 6.05. The van der Waals surface area contributed by atoms with Crippen molar-refractivity contribution in [3.63, 3.8) is 0 Å². The molecule has 0 aliphatic carbocycles. The van der Waals surface area contributed by atoms with E-state index in [1.165, 1.54) is 16.8 Å². The van der Waals surface area contributed by atoms with Crippen molar-refractivity contribution in [1.29, 1.82) is 0 Å². The Morgan fingerprint density at radius 2 is 1.50 bits per heavy atom. The Kier molecular flexibility index (Phi) is 5.34. The van der Waals surface area contributed by atoms with Crippen molar-refractivity contribution < 1.29 is 4.12 Å². The SMILES string of the molecule is CC(C[Si](C)(C)O[SiH2]c1ccccc1)c1ccccc1. The molecule has 0 bridgehead atoms. The molecule has 106 valence electrons. The van der Waals surface area contributed by atoms with Gasteiger partial charge in [-0.3, -0.25) is 0 Å². The minimum atomic E-state index is -1.57. The van der Waals surface area contributed by atoms with Crippen LogP contribution in [-0.4, -0.2) is 18.1 Å². The highest BCUT2D eigenvalue weighted by Gasteiger charge is 2.25. The fourth-order valence-electron chi connectivity index (χ4n) is 2.55. The lowest BCUT2D eigenvalue weighted by atomic mass is 10.0. The van der Waals surface area contributed by atoms with Crippen LogP contribution in [-0.2, 0) is 4.12 Å². The third kappa shape index (κ3) is 4.74. The molecular formula is C17H24OSi2. The summed E-state index contributed by atoms with van der Waals surface area (Å²) in [7, 11) is -2.15. The second kappa shape index (κ2) is 7.02. The summed E-state index contributed by atoms with van der Waals surface area (Å²) in [4.78, 5) is 0. The molecule has 2 rings (SSSR count). The first-order chi connectivity index (χ1) is 9.57.